The van der Waals surface area contributed by atoms with Gasteiger partial charge in [0.2, 0.25) is 0 Å². The molecule has 156 valence electrons. The predicted octanol–water partition coefficient (Wildman–Crippen LogP) is 4.46. The second-order valence-corrected chi connectivity index (χ2v) is 7.15. The highest BCUT2D eigenvalue weighted by Crippen LogP contribution is 2.33. The van der Waals surface area contributed by atoms with Crippen LogP contribution in [0, 0.1) is 0 Å². The van der Waals surface area contributed by atoms with Crippen LogP contribution in [0.25, 0.3) is 6.08 Å². The minimum Gasteiger partial charge on any atom is -0.493 e. The van der Waals surface area contributed by atoms with E-state index in [0.717, 1.165) is 11.3 Å². The molecule has 1 heterocycles. The van der Waals surface area contributed by atoms with Gasteiger partial charge in [0.05, 0.1) is 19.4 Å². The lowest BCUT2D eigenvalue weighted by molar-refractivity contribution is -0.122. The number of amides is 4. The topological polar surface area (TPSA) is 84.9 Å². The largest absolute Gasteiger partial charge is 0.493 e. The van der Waals surface area contributed by atoms with Crippen molar-refractivity contribution in [1.82, 2.24) is 5.32 Å². The zero-order valence-corrected chi connectivity index (χ0v) is 17.7. The average molecular weight is 449 g/mol. The van der Waals surface area contributed by atoms with Crippen LogP contribution < -0.4 is 19.7 Å². The molecule has 30 heavy (non-hydrogen) atoms. The second-order valence-electron chi connectivity index (χ2n) is 6.31. The molecule has 0 aromatic heterocycles. The van der Waals surface area contributed by atoms with Crippen molar-refractivity contribution in [3.63, 3.8) is 0 Å². The van der Waals surface area contributed by atoms with Gasteiger partial charge in [-0.2, -0.15) is 0 Å². The van der Waals surface area contributed by atoms with Crippen molar-refractivity contribution in [2.75, 3.05) is 18.6 Å². The summed E-state index contributed by atoms with van der Waals surface area (Å²) in [6.07, 6.45) is 2.12. The van der Waals surface area contributed by atoms with Crippen LogP contribution in [0.1, 0.15) is 18.9 Å². The molecular weight excluding hydrogens is 431 g/mol. The SMILES string of the molecule is CCCOc1ccc(N2C(=O)NC(=O)/C(=C\c3ccc(Cl)cc3Cl)C2=O)cc1OC. The molecule has 0 aliphatic carbocycles. The maximum Gasteiger partial charge on any atom is 0.335 e. The van der Waals surface area contributed by atoms with E-state index in [1.165, 1.54) is 31.4 Å². The number of halogens is 2. The Morgan fingerprint density at radius 3 is 2.50 bits per heavy atom. The Labute approximate surface area is 183 Å². The van der Waals surface area contributed by atoms with Gasteiger partial charge in [0, 0.05) is 16.1 Å². The normalized spacial score (nSPS) is 15.4. The van der Waals surface area contributed by atoms with E-state index in [-0.39, 0.29) is 16.3 Å². The summed E-state index contributed by atoms with van der Waals surface area (Å²) >= 11 is 12.0. The molecule has 1 N–H and O–H groups in total. The lowest BCUT2D eigenvalue weighted by Gasteiger charge is -2.27. The first kappa shape index (κ1) is 21.7. The highest BCUT2D eigenvalue weighted by Gasteiger charge is 2.37. The monoisotopic (exact) mass is 448 g/mol. The van der Waals surface area contributed by atoms with E-state index in [0.29, 0.717) is 28.7 Å². The lowest BCUT2D eigenvalue weighted by Crippen LogP contribution is -2.54. The smallest absolute Gasteiger partial charge is 0.335 e. The van der Waals surface area contributed by atoms with Crippen LogP contribution in [0.3, 0.4) is 0 Å². The number of anilines is 1. The van der Waals surface area contributed by atoms with E-state index in [1.807, 2.05) is 6.92 Å². The Kier molecular flexibility index (Phi) is 6.64. The van der Waals surface area contributed by atoms with Gasteiger partial charge in [0.1, 0.15) is 5.57 Å². The standard InChI is InChI=1S/C21H18Cl2N2O5/c1-3-8-30-17-7-6-14(11-18(17)29-2)25-20(27)15(19(26)24-21(25)28)9-12-4-5-13(22)10-16(12)23/h4-7,9-11H,3,8H2,1-2H3,(H,24,26,28)/b15-9+. The van der Waals surface area contributed by atoms with Gasteiger partial charge in [0.15, 0.2) is 11.5 Å². The Hall–Kier alpha value is -3.03. The zero-order chi connectivity index (χ0) is 21.8. The fraction of sp³-hybridized carbons (Fsp3) is 0.190. The summed E-state index contributed by atoms with van der Waals surface area (Å²) in [5, 5.41) is 2.84. The third-order valence-electron chi connectivity index (χ3n) is 4.23. The van der Waals surface area contributed by atoms with Gasteiger partial charge in [-0.05, 0) is 42.3 Å². The van der Waals surface area contributed by atoms with Gasteiger partial charge < -0.3 is 9.47 Å². The van der Waals surface area contributed by atoms with Crippen molar-refractivity contribution in [3.05, 3.63) is 57.6 Å². The Bertz CT molecular complexity index is 1050. The number of carbonyl (C=O) groups is 3. The van der Waals surface area contributed by atoms with Crippen molar-refractivity contribution in [1.29, 1.82) is 0 Å². The number of carbonyl (C=O) groups excluding carboxylic acids is 3. The van der Waals surface area contributed by atoms with Crippen LogP contribution in [0.2, 0.25) is 10.0 Å². The number of nitrogens with zero attached hydrogens (tertiary/aromatic N) is 1. The van der Waals surface area contributed by atoms with Crippen molar-refractivity contribution in [3.8, 4) is 11.5 Å². The molecule has 1 saturated heterocycles. The number of imide groups is 2. The summed E-state index contributed by atoms with van der Waals surface area (Å²) in [5.74, 6) is -0.779. The molecule has 0 radical (unpaired) electrons. The number of hydrogen-bond acceptors (Lipinski definition) is 5. The van der Waals surface area contributed by atoms with E-state index in [9.17, 15) is 14.4 Å². The first-order valence-electron chi connectivity index (χ1n) is 9.03. The van der Waals surface area contributed by atoms with E-state index >= 15 is 0 Å². The van der Waals surface area contributed by atoms with Crippen LogP contribution in [-0.2, 0) is 9.59 Å². The predicted molar refractivity (Wildman–Crippen MR) is 114 cm³/mol. The van der Waals surface area contributed by atoms with Gasteiger partial charge in [-0.25, -0.2) is 9.69 Å². The number of rotatable bonds is 6. The maximum atomic E-state index is 13.0. The van der Waals surface area contributed by atoms with Crippen LogP contribution >= 0.6 is 23.2 Å². The number of methoxy groups -OCH3 is 1. The van der Waals surface area contributed by atoms with Crippen LogP contribution in [0.4, 0.5) is 10.5 Å². The third-order valence-corrected chi connectivity index (χ3v) is 4.79. The first-order valence-corrected chi connectivity index (χ1v) is 9.78. The molecule has 0 bridgehead atoms. The maximum absolute atomic E-state index is 13.0. The summed E-state index contributed by atoms with van der Waals surface area (Å²) in [6, 6.07) is 8.40. The molecule has 1 aliphatic rings. The van der Waals surface area contributed by atoms with Gasteiger partial charge >= 0.3 is 6.03 Å². The number of urea groups is 1. The molecule has 2 aromatic carbocycles. The van der Waals surface area contributed by atoms with Crippen LogP contribution in [0.5, 0.6) is 11.5 Å². The van der Waals surface area contributed by atoms with Gasteiger partial charge in [-0.3, -0.25) is 14.9 Å². The molecule has 0 spiro atoms. The second kappa shape index (κ2) is 9.19. The molecule has 0 unspecified atom stereocenters. The number of hydrogen-bond donors (Lipinski definition) is 1. The van der Waals surface area contributed by atoms with E-state index < -0.39 is 17.8 Å². The number of benzene rings is 2. The summed E-state index contributed by atoms with van der Waals surface area (Å²) in [5.41, 5.74) is 0.387. The molecule has 1 fully saturated rings. The van der Waals surface area contributed by atoms with E-state index in [1.54, 1.807) is 18.2 Å². The molecule has 0 atom stereocenters. The minimum atomic E-state index is -0.867. The molecule has 0 saturated carbocycles. The van der Waals surface area contributed by atoms with Crippen molar-refractivity contribution in [2.45, 2.75) is 13.3 Å². The number of barbiturate groups is 1. The average Bonchev–Trinajstić information content (AvgIpc) is 2.71. The van der Waals surface area contributed by atoms with Gasteiger partial charge in [-0.1, -0.05) is 36.2 Å². The van der Waals surface area contributed by atoms with E-state index in [2.05, 4.69) is 5.32 Å². The fourth-order valence-corrected chi connectivity index (χ4v) is 3.26. The fourth-order valence-electron chi connectivity index (χ4n) is 2.79. The zero-order valence-electron chi connectivity index (χ0n) is 16.2. The summed E-state index contributed by atoms with van der Waals surface area (Å²) < 4.78 is 10.9. The Morgan fingerprint density at radius 1 is 1.07 bits per heavy atom. The molecule has 4 amide bonds. The molecule has 2 aromatic rings. The molecule has 1 aliphatic heterocycles. The molecule has 3 rings (SSSR count). The van der Waals surface area contributed by atoms with Crippen molar-refractivity contribution < 1.29 is 23.9 Å². The third kappa shape index (κ3) is 4.42. The minimum absolute atomic E-state index is 0.221. The Balaban J connectivity index is 1.99. The highest BCUT2D eigenvalue weighted by atomic mass is 35.5. The van der Waals surface area contributed by atoms with Crippen molar-refractivity contribution in [2.24, 2.45) is 0 Å². The van der Waals surface area contributed by atoms with Crippen LogP contribution in [-0.4, -0.2) is 31.6 Å². The summed E-state index contributed by atoms with van der Waals surface area (Å²) in [7, 11) is 1.45. The summed E-state index contributed by atoms with van der Waals surface area (Å²) in [4.78, 5) is 38.6. The molecule has 9 heteroatoms. The number of nitrogens with one attached hydrogen (secondary N) is 1. The lowest BCUT2D eigenvalue weighted by atomic mass is 10.1. The van der Waals surface area contributed by atoms with E-state index in [4.69, 9.17) is 32.7 Å². The van der Waals surface area contributed by atoms with Crippen LogP contribution in [0.15, 0.2) is 42.0 Å². The molecular formula is C21H18Cl2N2O5. The Morgan fingerprint density at radius 2 is 1.83 bits per heavy atom. The van der Waals surface area contributed by atoms with Crippen molar-refractivity contribution >= 4 is 52.8 Å². The van der Waals surface area contributed by atoms with Gasteiger partial charge in [-0.15, -0.1) is 0 Å². The summed E-state index contributed by atoms with van der Waals surface area (Å²) in [6.45, 7) is 2.46. The number of ether oxygens (including phenoxy) is 2. The first-order chi connectivity index (χ1) is 14.3. The quantitative estimate of drug-likeness (QED) is 0.520. The van der Waals surface area contributed by atoms with Gasteiger partial charge in [0.25, 0.3) is 11.8 Å². The highest BCUT2D eigenvalue weighted by molar-refractivity contribution is 6.40. The molecule has 7 nitrogen and oxygen atoms in total.